The van der Waals surface area contributed by atoms with Gasteiger partial charge in [0, 0.05) is 10.8 Å². The first-order valence-corrected chi connectivity index (χ1v) is 7.00. The predicted octanol–water partition coefficient (Wildman–Crippen LogP) is 3.92. The Balaban J connectivity index is 1.55. The van der Waals surface area contributed by atoms with E-state index in [4.69, 9.17) is 0 Å². The average Bonchev–Trinajstić information content (AvgIpc) is 3.30. The molecule has 0 bridgehead atoms. The van der Waals surface area contributed by atoms with Crippen LogP contribution in [0.3, 0.4) is 0 Å². The van der Waals surface area contributed by atoms with E-state index < -0.39 is 0 Å². The first-order chi connectivity index (χ1) is 8.89. The van der Waals surface area contributed by atoms with Gasteiger partial charge >= 0.3 is 0 Å². The molecule has 3 aliphatic rings. The average molecular weight is 232 g/mol. The molecule has 2 aromatic rings. The van der Waals surface area contributed by atoms with Gasteiger partial charge in [0.1, 0.15) is 0 Å². The van der Waals surface area contributed by atoms with Gasteiger partial charge in [0.15, 0.2) is 0 Å². The normalized spacial score (nSPS) is 42.4. The van der Waals surface area contributed by atoms with E-state index in [9.17, 15) is 0 Å². The van der Waals surface area contributed by atoms with E-state index in [-0.39, 0.29) is 0 Å². The topological polar surface area (TPSA) is 0 Å². The molecule has 18 heavy (non-hydrogen) atoms. The van der Waals surface area contributed by atoms with Crippen LogP contribution in [0.4, 0.5) is 0 Å². The van der Waals surface area contributed by atoms with E-state index in [0.717, 1.165) is 11.8 Å². The molecule has 3 saturated carbocycles. The van der Waals surface area contributed by atoms with Crippen LogP contribution in [0.5, 0.6) is 0 Å². The van der Waals surface area contributed by atoms with E-state index >= 15 is 0 Å². The third-order valence-corrected chi connectivity index (χ3v) is 5.87. The first kappa shape index (κ1) is 9.38. The Bertz CT molecular complexity index is 546. The van der Waals surface area contributed by atoms with E-state index in [0.29, 0.717) is 10.8 Å². The highest BCUT2D eigenvalue weighted by Crippen LogP contribution is 2.91. The van der Waals surface area contributed by atoms with Crippen molar-refractivity contribution in [3.8, 4) is 0 Å². The maximum atomic E-state index is 2.34. The van der Waals surface area contributed by atoms with Crippen LogP contribution in [0.2, 0.25) is 0 Å². The SMILES string of the molecule is c1ccc(C23CC2C2(c4ccccc4)CC32)cc1. The molecule has 0 spiro atoms. The quantitative estimate of drug-likeness (QED) is 0.736. The molecule has 0 aromatic heterocycles. The molecule has 0 atom stereocenters. The lowest BCUT2D eigenvalue weighted by molar-refractivity contribution is 0.317. The summed E-state index contributed by atoms with van der Waals surface area (Å²) in [7, 11) is 0. The summed E-state index contributed by atoms with van der Waals surface area (Å²) in [5.41, 5.74) is 4.36. The summed E-state index contributed by atoms with van der Waals surface area (Å²) in [4.78, 5) is 0. The van der Waals surface area contributed by atoms with E-state index in [1.54, 1.807) is 11.1 Å². The summed E-state index contributed by atoms with van der Waals surface area (Å²) >= 11 is 0. The van der Waals surface area contributed by atoms with Gasteiger partial charge in [-0.3, -0.25) is 0 Å². The highest BCUT2D eigenvalue weighted by atomic mass is 14.9. The summed E-state index contributed by atoms with van der Waals surface area (Å²) in [6.07, 6.45) is 2.85. The molecular weight excluding hydrogens is 216 g/mol. The molecule has 0 nitrogen and oxygen atoms in total. The summed E-state index contributed by atoms with van der Waals surface area (Å²) in [6, 6.07) is 22.4. The molecule has 0 aliphatic heterocycles. The zero-order valence-corrected chi connectivity index (χ0v) is 10.3. The Hall–Kier alpha value is -1.56. The van der Waals surface area contributed by atoms with E-state index in [1.165, 1.54) is 12.8 Å². The van der Waals surface area contributed by atoms with Crippen molar-refractivity contribution in [3.63, 3.8) is 0 Å². The molecule has 0 amide bonds. The number of rotatable bonds is 2. The third-order valence-electron chi connectivity index (χ3n) is 5.87. The highest BCUT2D eigenvalue weighted by molar-refractivity contribution is 5.58. The minimum Gasteiger partial charge on any atom is -0.0622 e. The van der Waals surface area contributed by atoms with Crippen molar-refractivity contribution in [1.82, 2.24) is 0 Å². The molecule has 88 valence electrons. The molecular formula is C18H16. The molecule has 2 aromatic carbocycles. The molecule has 0 heterocycles. The minimum atomic E-state index is 0.580. The van der Waals surface area contributed by atoms with Crippen molar-refractivity contribution >= 4 is 0 Å². The van der Waals surface area contributed by atoms with Crippen molar-refractivity contribution in [2.75, 3.05) is 0 Å². The summed E-state index contributed by atoms with van der Waals surface area (Å²) in [5, 5.41) is 0. The second-order valence-electron chi connectivity index (χ2n) is 6.33. The van der Waals surface area contributed by atoms with Crippen LogP contribution < -0.4 is 0 Å². The molecule has 3 fully saturated rings. The highest BCUT2D eigenvalue weighted by Gasteiger charge is 2.89. The Kier molecular flexibility index (Phi) is 1.41. The van der Waals surface area contributed by atoms with Crippen LogP contribution in [0.25, 0.3) is 0 Å². The second kappa shape index (κ2) is 2.71. The van der Waals surface area contributed by atoms with Crippen molar-refractivity contribution in [1.29, 1.82) is 0 Å². The first-order valence-electron chi connectivity index (χ1n) is 7.00. The zero-order chi connectivity index (χ0) is 11.8. The fourth-order valence-corrected chi connectivity index (χ4v) is 5.05. The van der Waals surface area contributed by atoms with Gasteiger partial charge in [-0.25, -0.2) is 0 Å². The lowest BCUT2D eigenvalue weighted by Gasteiger charge is -2.35. The number of hydrogen-bond donors (Lipinski definition) is 0. The minimum absolute atomic E-state index is 0.580. The van der Waals surface area contributed by atoms with Gasteiger partial charge in [-0.05, 0) is 35.8 Å². The number of benzene rings is 2. The van der Waals surface area contributed by atoms with Gasteiger partial charge in [-0.2, -0.15) is 0 Å². The summed E-state index contributed by atoms with van der Waals surface area (Å²) in [6.45, 7) is 0. The molecule has 0 radical (unpaired) electrons. The second-order valence-corrected chi connectivity index (χ2v) is 6.33. The maximum Gasteiger partial charge on any atom is 0.00306 e. The van der Waals surface area contributed by atoms with Crippen LogP contribution in [0, 0.1) is 11.8 Å². The maximum absolute atomic E-state index is 2.34. The lowest BCUT2D eigenvalue weighted by atomic mass is 9.68. The van der Waals surface area contributed by atoms with Crippen molar-refractivity contribution < 1.29 is 0 Å². The smallest absolute Gasteiger partial charge is 0.00306 e. The predicted molar refractivity (Wildman–Crippen MR) is 72.5 cm³/mol. The van der Waals surface area contributed by atoms with Crippen LogP contribution in [-0.2, 0) is 10.8 Å². The fraction of sp³-hybridized carbons (Fsp3) is 0.333. The van der Waals surface area contributed by atoms with Crippen molar-refractivity contribution in [3.05, 3.63) is 71.8 Å². The van der Waals surface area contributed by atoms with Crippen LogP contribution >= 0.6 is 0 Å². The lowest BCUT2D eigenvalue weighted by Crippen LogP contribution is -2.35. The van der Waals surface area contributed by atoms with Gasteiger partial charge in [0.05, 0.1) is 0 Å². The molecule has 0 heteroatoms. The number of fused-ring (bicyclic) bond motifs is 4. The van der Waals surface area contributed by atoms with Crippen LogP contribution in [-0.4, -0.2) is 0 Å². The molecule has 0 saturated heterocycles. The fourth-order valence-electron chi connectivity index (χ4n) is 5.05. The van der Waals surface area contributed by atoms with Gasteiger partial charge in [-0.15, -0.1) is 0 Å². The van der Waals surface area contributed by atoms with Gasteiger partial charge < -0.3 is 0 Å². The van der Waals surface area contributed by atoms with Crippen molar-refractivity contribution in [2.24, 2.45) is 11.8 Å². The summed E-state index contributed by atoms with van der Waals surface area (Å²) in [5.74, 6) is 1.86. The Morgan fingerprint density at radius 3 is 1.39 bits per heavy atom. The monoisotopic (exact) mass is 232 g/mol. The van der Waals surface area contributed by atoms with Gasteiger partial charge in [0.2, 0.25) is 0 Å². The molecule has 0 N–H and O–H groups in total. The largest absolute Gasteiger partial charge is 0.0622 e. The Labute approximate surface area is 108 Å². The zero-order valence-electron chi connectivity index (χ0n) is 10.3. The Morgan fingerprint density at radius 2 is 1.00 bits per heavy atom. The molecule has 5 rings (SSSR count). The van der Waals surface area contributed by atoms with Crippen molar-refractivity contribution in [2.45, 2.75) is 23.7 Å². The van der Waals surface area contributed by atoms with E-state index in [1.807, 2.05) is 0 Å². The van der Waals surface area contributed by atoms with Crippen LogP contribution in [0.15, 0.2) is 60.7 Å². The summed E-state index contributed by atoms with van der Waals surface area (Å²) < 4.78 is 0. The van der Waals surface area contributed by atoms with Crippen LogP contribution in [0.1, 0.15) is 24.0 Å². The van der Waals surface area contributed by atoms with Gasteiger partial charge in [-0.1, -0.05) is 60.7 Å². The van der Waals surface area contributed by atoms with Gasteiger partial charge in [0.25, 0.3) is 0 Å². The molecule has 3 aliphatic carbocycles. The standard InChI is InChI=1S/C18H16/c1-3-7-13(8-4-1)17-11-15(17)18(12-16(17)18)14-9-5-2-6-10-14/h1-10,15-16H,11-12H2. The molecule has 0 unspecified atom stereocenters. The van der Waals surface area contributed by atoms with E-state index in [2.05, 4.69) is 60.7 Å². The number of hydrogen-bond acceptors (Lipinski definition) is 0. The third kappa shape index (κ3) is 0.819. The Morgan fingerprint density at radius 1 is 0.611 bits per heavy atom.